The maximum absolute atomic E-state index is 13.3. The molecule has 156 valence electrons. The van der Waals surface area contributed by atoms with Gasteiger partial charge in [0.2, 0.25) is 0 Å². The highest BCUT2D eigenvalue weighted by atomic mass is 35.5. The fourth-order valence-electron chi connectivity index (χ4n) is 3.14. The topological polar surface area (TPSA) is 52.2 Å². The maximum atomic E-state index is 13.3. The van der Waals surface area contributed by atoms with E-state index in [1.165, 1.54) is 7.11 Å². The zero-order valence-corrected chi connectivity index (χ0v) is 17.1. The predicted molar refractivity (Wildman–Crippen MR) is 103 cm³/mol. The van der Waals surface area contributed by atoms with Crippen LogP contribution in [0, 0.1) is 6.57 Å². The SMILES string of the molecule is [C-]#[N+]C1C(C)=NC(COC)=C(C(=O)OC(C)C)C1c1cc(C(F)(F)F)ccc1Cl. The van der Waals surface area contributed by atoms with E-state index in [9.17, 15) is 18.0 Å². The number of benzene rings is 1. The van der Waals surface area contributed by atoms with Crippen LogP contribution in [0.4, 0.5) is 13.2 Å². The summed E-state index contributed by atoms with van der Waals surface area (Å²) in [7, 11) is 1.40. The third kappa shape index (κ3) is 4.98. The second-order valence-corrected chi connectivity index (χ2v) is 7.19. The van der Waals surface area contributed by atoms with E-state index >= 15 is 0 Å². The van der Waals surface area contributed by atoms with Gasteiger partial charge in [0.1, 0.15) is 5.92 Å². The minimum absolute atomic E-state index is 0.0120. The number of hydrogen-bond acceptors (Lipinski definition) is 4. The molecule has 0 saturated heterocycles. The number of carbonyl (C=O) groups is 1. The Morgan fingerprint density at radius 1 is 1.38 bits per heavy atom. The number of esters is 1. The van der Waals surface area contributed by atoms with E-state index in [0.29, 0.717) is 5.71 Å². The van der Waals surface area contributed by atoms with E-state index in [1.54, 1.807) is 20.8 Å². The number of nitrogens with zero attached hydrogens (tertiary/aromatic N) is 2. The van der Waals surface area contributed by atoms with Crippen LogP contribution in [0.15, 0.2) is 34.5 Å². The van der Waals surface area contributed by atoms with Crippen LogP contribution in [-0.4, -0.2) is 37.5 Å². The molecule has 1 aromatic rings. The van der Waals surface area contributed by atoms with Crippen molar-refractivity contribution < 1.29 is 27.4 Å². The molecule has 2 rings (SSSR count). The molecule has 0 aromatic heterocycles. The Morgan fingerprint density at radius 3 is 2.55 bits per heavy atom. The second-order valence-electron chi connectivity index (χ2n) is 6.79. The average molecular weight is 429 g/mol. The molecular weight excluding hydrogens is 409 g/mol. The van der Waals surface area contributed by atoms with Gasteiger partial charge in [0.15, 0.2) is 0 Å². The highest BCUT2D eigenvalue weighted by molar-refractivity contribution is 6.31. The van der Waals surface area contributed by atoms with E-state index in [2.05, 4.69) is 9.84 Å². The second kappa shape index (κ2) is 8.97. The summed E-state index contributed by atoms with van der Waals surface area (Å²) < 4.78 is 50.3. The molecule has 0 saturated carbocycles. The van der Waals surface area contributed by atoms with Crippen molar-refractivity contribution in [1.29, 1.82) is 0 Å². The van der Waals surface area contributed by atoms with Crippen LogP contribution in [0.1, 0.15) is 37.8 Å². The van der Waals surface area contributed by atoms with E-state index < -0.39 is 35.8 Å². The van der Waals surface area contributed by atoms with Gasteiger partial charge in [-0.2, -0.15) is 13.2 Å². The van der Waals surface area contributed by atoms with Crippen molar-refractivity contribution in [3.8, 4) is 0 Å². The summed E-state index contributed by atoms with van der Waals surface area (Å²) in [6, 6.07) is 1.83. The fourth-order valence-corrected chi connectivity index (χ4v) is 3.37. The highest BCUT2D eigenvalue weighted by Gasteiger charge is 2.44. The first-order chi connectivity index (χ1) is 13.5. The summed E-state index contributed by atoms with van der Waals surface area (Å²) in [6.07, 6.45) is -5.09. The monoisotopic (exact) mass is 428 g/mol. The molecule has 5 nitrogen and oxygen atoms in total. The first kappa shape index (κ1) is 22.9. The summed E-state index contributed by atoms with van der Waals surface area (Å²) in [5.41, 5.74) is -0.374. The normalized spacial score (nSPS) is 19.8. The first-order valence-corrected chi connectivity index (χ1v) is 9.10. The van der Waals surface area contributed by atoms with Crippen LogP contribution in [0.5, 0.6) is 0 Å². The number of methoxy groups -OCH3 is 1. The van der Waals surface area contributed by atoms with Crippen LogP contribution >= 0.6 is 11.6 Å². The lowest BCUT2D eigenvalue weighted by Crippen LogP contribution is -2.34. The van der Waals surface area contributed by atoms with Crippen molar-refractivity contribution in [2.24, 2.45) is 4.99 Å². The van der Waals surface area contributed by atoms with Gasteiger partial charge in [-0.3, -0.25) is 4.99 Å². The van der Waals surface area contributed by atoms with Gasteiger partial charge >= 0.3 is 12.1 Å². The van der Waals surface area contributed by atoms with Crippen molar-refractivity contribution in [3.63, 3.8) is 0 Å². The molecule has 0 spiro atoms. The third-order valence-electron chi connectivity index (χ3n) is 4.32. The summed E-state index contributed by atoms with van der Waals surface area (Å²) in [5, 5.41) is 0.0120. The first-order valence-electron chi connectivity index (χ1n) is 8.72. The molecule has 29 heavy (non-hydrogen) atoms. The zero-order valence-electron chi connectivity index (χ0n) is 16.3. The van der Waals surface area contributed by atoms with Gasteiger partial charge in [-0.15, -0.1) is 0 Å². The van der Waals surface area contributed by atoms with Crippen LogP contribution in [0.2, 0.25) is 5.02 Å². The summed E-state index contributed by atoms with van der Waals surface area (Å²) in [6.45, 7) is 12.4. The molecule has 0 amide bonds. The van der Waals surface area contributed by atoms with Crippen LogP contribution in [0.25, 0.3) is 4.85 Å². The minimum Gasteiger partial charge on any atom is -0.460 e. The number of aliphatic imine (C=N–C) groups is 1. The van der Waals surface area contributed by atoms with Crippen molar-refractivity contribution in [2.75, 3.05) is 13.7 Å². The molecule has 0 aliphatic carbocycles. The molecule has 0 bridgehead atoms. The number of carbonyl (C=O) groups excluding carboxylic acids is 1. The molecule has 0 radical (unpaired) electrons. The maximum Gasteiger partial charge on any atom is 0.416 e. The van der Waals surface area contributed by atoms with Crippen molar-refractivity contribution in [1.82, 2.24) is 0 Å². The highest BCUT2D eigenvalue weighted by Crippen LogP contribution is 2.42. The molecule has 1 aromatic carbocycles. The van der Waals surface area contributed by atoms with Gasteiger partial charge in [-0.25, -0.2) is 11.4 Å². The van der Waals surface area contributed by atoms with Gasteiger partial charge in [-0.05, 0) is 44.5 Å². The lowest BCUT2D eigenvalue weighted by atomic mass is 9.79. The molecule has 2 unspecified atom stereocenters. The number of alkyl halides is 3. The molecule has 1 heterocycles. The standard InChI is InChI=1S/C20H20ClF3N2O3/c1-10(2)29-19(27)17-15(9-28-5)26-11(3)18(25-4)16(17)13-8-12(20(22,23)24)6-7-14(13)21/h6-8,10,16,18H,9H2,1-3,5H3. The van der Waals surface area contributed by atoms with Crippen molar-refractivity contribution in [3.05, 3.63) is 57.0 Å². The van der Waals surface area contributed by atoms with E-state index in [-0.39, 0.29) is 28.5 Å². The lowest BCUT2D eigenvalue weighted by molar-refractivity contribution is -0.143. The van der Waals surface area contributed by atoms with Gasteiger partial charge in [0.05, 0.1) is 35.3 Å². The lowest BCUT2D eigenvalue weighted by Gasteiger charge is -2.28. The average Bonchev–Trinajstić information content (AvgIpc) is 2.60. The molecule has 1 aliphatic heterocycles. The van der Waals surface area contributed by atoms with E-state index in [4.69, 9.17) is 27.6 Å². The minimum atomic E-state index is -4.61. The van der Waals surface area contributed by atoms with Gasteiger partial charge in [0.25, 0.3) is 6.04 Å². The van der Waals surface area contributed by atoms with Gasteiger partial charge < -0.3 is 14.3 Å². The Balaban J connectivity index is 2.78. The smallest absolute Gasteiger partial charge is 0.416 e. The summed E-state index contributed by atoms with van der Waals surface area (Å²) in [4.78, 5) is 20.7. The molecule has 1 aliphatic rings. The Hall–Kier alpha value is -2.37. The molecule has 0 N–H and O–H groups in total. The van der Waals surface area contributed by atoms with Gasteiger partial charge in [-0.1, -0.05) is 11.6 Å². The summed E-state index contributed by atoms with van der Waals surface area (Å²) >= 11 is 6.23. The van der Waals surface area contributed by atoms with Crippen LogP contribution < -0.4 is 0 Å². The molecule has 9 heteroatoms. The third-order valence-corrected chi connectivity index (χ3v) is 4.66. The van der Waals surface area contributed by atoms with Crippen molar-refractivity contribution >= 4 is 23.3 Å². The Kier molecular flexibility index (Phi) is 7.09. The van der Waals surface area contributed by atoms with Crippen LogP contribution in [0.3, 0.4) is 0 Å². The van der Waals surface area contributed by atoms with E-state index in [1.807, 2.05) is 0 Å². The van der Waals surface area contributed by atoms with Crippen LogP contribution in [-0.2, 0) is 20.4 Å². The number of hydrogen-bond donors (Lipinski definition) is 0. The van der Waals surface area contributed by atoms with E-state index in [0.717, 1.165) is 18.2 Å². The Morgan fingerprint density at radius 2 is 2.03 bits per heavy atom. The summed E-state index contributed by atoms with van der Waals surface area (Å²) in [5.74, 6) is -1.84. The number of ether oxygens (including phenoxy) is 2. The van der Waals surface area contributed by atoms with Crippen molar-refractivity contribution in [2.45, 2.75) is 45.0 Å². The number of halogens is 4. The number of rotatable bonds is 5. The van der Waals surface area contributed by atoms with Gasteiger partial charge in [0, 0.05) is 12.1 Å². The largest absolute Gasteiger partial charge is 0.460 e. The zero-order chi connectivity index (χ0) is 21.9. The predicted octanol–water partition coefficient (Wildman–Crippen LogP) is 5.06. The molecule has 2 atom stereocenters. The molecular formula is C20H20ClF3N2O3. The fraction of sp³-hybridized carbons (Fsp3) is 0.450. The Bertz CT molecular complexity index is 901. The Labute approximate surface area is 172 Å². The molecule has 0 fully saturated rings. The quantitative estimate of drug-likeness (QED) is 0.486.